The predicted molar refractivity (Wildman–Crippen MR) is 84.5 cm³/mol. The Morgan fingerprint density at radius 2 is 2.19 bits per heavy atom. The third-order valence-corrected chi connectivity index (χ3v) is 3.56. The Morgan fingerprint density at radius 3 is 2.86 bits per heavy atom. The van der Waals surface area contributed by atoms with Gasteiger partial charge in [0.05, 0.1) is 6.61 Å². The maximum atomic E-state index is 12.0. The molecule has 0 bridgehead atoms. The molecule has 1 aromatic heterocycles. The van der Waals surface area contributed by atoms with E-state index in [9.17, 15) is 4.79 Å². The minimum Gasteiger partial charge on any atom is -0.450 e. The molecule has 112 valence electrons. The van der Waals surface area contributed by atoms with E-state index in [0.717, 1.165) is 10.7 Å². The van der Waals surface area contributed by atoms with E-state index in [1.807, 2.05) is 42.6 Å². The molecular weight excluding hydrogens is 286 g/mol. The summed E-state index contributed by atoms with van der Waals surface area (Å²) in [6.45, 7) is 3.93. The van der Waals surface area contributed by atoms with Gasteiger partial charge >= 0.3 is 6.09 Å². The highest BCUT2D eigenvalue weighted by Crippen LogP contribution is 2.10. The van der Waals surface area contributed by atoms with Crippen molar-refractivity contribution in [2.75, 3.05) is 25.0 Å². The van der Waals surface area contributed by atoms with E-state index in [0.29, 0.717) is 26.2 Å². The largest absolute Gasteiger partial charge is 0.450 e. The predicted octanol–water partition coefficient (Wildman–Crippen LogP) is 3.21. The zero-order valence-corrected chi connectivity index (χ0v) is 12.8. The summed E-state index contributed by atoms with van der Waals surface area (Å²) in [7, 11) is 0. The molecular formula is C15H19N3O2S. The van der Waals surface area contributed by atoms with Gasteiger partial charge in [-0.3, -0.25) is 0 Å². The second-order valence-electron chi connectivity index (χ2n) is 4.37. The van der Waals surface area contributed by atoms with Crippen LogP contribution in [-0.2, 0) is 11.3 Å². The lowest BCUT2D eigenvalue weighted by atomic mass is 10.2. The Bertz CT molecular complexity index is 531. The fraction of sp³-hybridized carbons (Fsp3) is 0.333. The summed E-state index contributed by atoms with van der Waals surface area (Å²) in [4.78, 5) is 17.8. The van der Waals surface area contributed by atoms with Crippen molar-refractivity contribution in [3.05, 3.63) is 47.5 Å². The van der Waals surface area contributed by atoms with Crippen molar-refractivity contribution in [3.63, 3.8) is 0 Å². The van der Waals surface area contributed by atoms with Crippen LogP contribution in [0.4, 0.5) is 9.93 Å². The molecule has 0 spiro atoms. The normalized spacial score (nSPS) is 10.1. The summed E-state index contributed by atoms with van der Waals surface area (Å²) in [6, 6.07) is 9.89. The Hall–Kier alpha value is -2.08. The summed E-state index contributed by atoms with van der Waals surface area (Å²) in [6.07, 6.45) is 1.46. The molecule has 6 heteroatoms. The average molecular weight is 305 g/mol. The van der Waals surface area contributed by atoms with Crippen LogP contribution >= 0.6 is 11.3 Å². The second-order valence-corrected chi connectivity index (χ2v) is 5.26. The van der Waals surface area contributed by atoms with Crippen LogP contribution in [-0.4, -0.2) is 35.7 Å². The highest BCUT2D eigenvalue weighted by atomic mass is 32.1. The zero-order chi connectivity index (χ0) is 14.9. The molecule has 1 N–H and O–H groups in total. The SMILES string of the molecule is CCOC(=O)N(CCNc1nccs1)Cc1ccccc1. The van der Waals surface area contributed by atoms with Crippen LogP contribution in [0.15, 0.2) is 41.9 Å². The van der Waals surface area contributed by atoms with Crippen molar-refractivity contribution in [2.45, 2.75) is 13.5 Å². The van der Waals surface area contributed by atoms with Gasteiger partial charge in [-0.05, 0) is 12.5 Å². The Balaban J connectivity index is 1.90. The lowest BCUT2D eigenvalue weighted by Gasteiger charge is -2.22. The quantitative estimate of drug-likeness (QED) is 0.853. The fourth-order valence-corrected chi connectivity index (χ4v) is 2.42. The van der Waals surface area contributed by atoms with Crippen molar-refractivity contribution in [2.24, 2.45) is 0 Å². The van der Waals surface area contributed by atoms with Crippen molar-refractivity contribution in [1.82, 2.24) is 9.88 Å². The van der Waals surface area contributed by atoms with Crippen LogP contribution in [0.2, 0.25) is 0 Å². The lowest BCUT2D eigenvalue weighted by Crippen LogP contribution is -2.35. The third kappa shape index (κ3) is 5.07. The monoisotopic (exact) mass is 305 g/mol. The third-order valence-electron chi connectivity index (χ3n) is 2.83. The van der Waals surface area contributed by atoms with Crippen molar-refractivity contribution in [1.29, 1.82) is 0 Å². The molecule has 21 heavy (non-hydrogen) atoms. The van der Waals surface area contributed by atoms with E-state index < -0.39 is 0 Å². The summed E-state index contributed by atoms with van der Waals surface area (Å²) in [5, 5.41) is 5.97. The van der Waals surface area contributed by atoms with Gasteiger partial charge in [0, 0.05) is 31.2 Å². The molecule has 0 unspecified atom stereocenters. The van der Waals surface area contributed by atoms with Gasteiger partial charge in [0.15, 0.2) is 5.13 Å². The van der Waals surface area contributed by atoms with Gasteiger partial charge in [-0.2, -0.15) is 0 Å². The van der Waals surface area contributed by atoms with E-state index in [4.69, 9.17) is 4.74 Å². The molecule has 1 amide bonds. The number of amides is 1. The molecule has 0 saturated heterocycles. The number of anilines is 1. The van der Waals surface area contributed by atoms with Gasteiger partial charge in [0.1, 0.15) is 0 Å². The fourth-order valence-electron chi connectivity index (χ4n) is 1.86. The molecule has 2 rings (SSSR count). The van der Waals surface area contributed by atoms with Crippen LogP contribution in [0.5, 0.6) is 0 Å². The van der Waals surface area contributed by atoms with Crippen molar-refractivity contribution in [3.8, 4) is 0 Å². The van der Waals surface area contributed by atoms with Crippen LogP contribution in [0.25, 0.3) is 0 Å². The van der Waals surface area contributed by atoms with Gasteiger partial charge in [0.2, 0.25) is 0 Å². The number of nitrogens with zero attached hydrogens (tertiary/aromatic N) is 2. The Labute approximate surface area is 128 Å². The Kier molecular flexibility index (Phi) is 6.02. The molecule has 0 fully saturated rings. The summed E-state index contributed by atoms with van der Waals surface area (Å²) < 4.78 is 5.11. The van der Waals surface area contributed by atoms with Crippen molar-refractivity contribution >= 4 is 22.6 Å². The van der Waals surface area contributed by atoms with Gasteiger partial charge in [-0.15, -0.1) is 11.3 Å². The number of ether oxygens (including phenoxy) is 1. The molecule has 0 atom stereocenters. The highest BCUT2D eigenvalue weighted by molar-refractivity contribution is 7.13. The van der Waals surface area contributed by atoms with Crippen LogP contribution in [0.3, 0.4) is 0 Å². The van der Waals surface area contributed by atoms with E-state index >= 15 is 0 Å². The maximum Gasteiger partial charge on any atom is 0.410 e. The van der Waals surface area contributed by atoms with E-state index in [2.05, 4.69) is 10.3 Å². The number of carbonyl (C=O) groups is 1. The second kappa shape index (κ2) is 8.26. The summed E-state index contributed by atoms with van der Waals surface area (Å²) in [5.74, 6) is 0. The molecule has 1 aromatic carbocycles. The first-order valence-electron chi connectivity index (χ1n) is 6.88. The lowest BCUT2D eigenvalue weighted by molar-refractivity contribution is 0.106. The van der Waals surface area contributed by atoms with E-state index in [1.54, 1.807) is 22.4 Å². The number of rotatable bonds is 7. The number of aromatic nitrogens is 1. The Morgan fingerprint density at radius 1 is 1.38 bits per heavy atom. The molecule has 0 radical (unpaired) electrons. The van der Waals surface area contributed by atoms with Crippen LogP contribution in [0, 0.1) is 0 Å². The van der Waals surface area contributed by atoms with Gasteiger partial charge in [0.25, 0.3) is 0 Å². The summed E-state index contributed by atoms with van der Waals surface area (Å²) in [5.41, 5.74) is 1.08. The smallest absolute Gasteiger partial charge is 0.410 e. The maximum absolute atomic E-state index is 12.0. The van der Waals surface area contributed by atoms with Crippen LogP contribution in [0.1, 0.15) is 12.5 Å². The topological polar surface area (TPSA) is 54.5 Å². The molecule has 0 saturated carbocycles. The summed E-state index contributed by atoms with van der Waals surface area (Å²) >= 11 is 1.54. The zero-order valence-electron chi connectivity index (χ0n) is 12.0. The molecule has 5 nitrogen and oxygen atoms in total. The van der Waals surface area contributed by atoms with Gasteiger partial charge < -0.3 is 15.0 Å². The number of carbonyl (C=O) groups excluding carboxylic acids is 1. The number of hydrogen-bond donors (Lipinski definition) is 1. The average Bonchev–Trinajstić information content (AvgIpc) is 3.01. The number of nitrogens with one attached hydrogen (secondary N) is 1. The van der Waals surface area contributed by atoms with Crippen molar-refractivity contribution < 1.29 is 9.53 Å². The minimum absolute atomic E-state index is 0.290. The molecule has 0 aliphatic carbocycles. The number of thiazole rings is 1. The standard InChI is InChI=1S/C15H19N3O2S/c1-2-20-15(19)18(12-13-6-4-3-5-7-13)10-8-16-14-17-9-11-21-14/h3-7,9,11H,2,8,10,12H2,1H3,(H,16,17). The number of hydrogen-bond acceptors (Lipinski definition) is 5. The first kappa shape index (κ1) is 15.3. The molecule has 0 aliphatic rings. The van der Waals surface area contributed by atoms with E-state index in [-0.39, 0.29) is 6.09 Å². The molecule has 0 aliphatic heterocycles. The highest BCUT2D eigenvalue weighted by Gasteiger charge is 2.14. The van der Waals surface area contributed by atoms with Gasteiger partial charge in [-0.1, -0.05) is 30.3 Å². The molecule has 1 heterocycles. The van der Waals surface area contributed by atoms with Gasteiger partial charge in [-0.25, -0.2) is 9.78 Å². The minimum atomic E-state index is -0.290. The number of benzene rings is 1. The first-order valence-corrected chi connectivity index (χ1v) is 7.76. The first-order chi connectivity index (χ1) is 10.3. The molecule has 2 aromatic rings. The van der Waals surface area contributed by atoms with E-state index in [1.165, 1.54) is 0 Å². The van der Waals surface area contributed by atoms with Crippen LogP contribution < -0.4 is 5.32 Å².